The van der Waals surface area contributed by atoms with Crippen molar-refractivity contribution < 1.29 is 39.4 Å². The molecule has 0 aromatic rings. The molecule has 4 N–H and O–H groups in total. The zero-order valence-electron chi connectivity index (χ0n) is 20.0. The van der Waals surface area contributed by atoms with Gasteiger partial charge < -0.3 is 34.6 Å². The van der Waals surface area contributed by atoms with Crippen molar-refractivity contribution >= 4 is 5.97 Å². The molecule has 0 aromatic heterocycles. The van der Waals surface area contributed by atoms with Crippen LogP contribution >= 0.6 is 0 Å². The molecule has 2 aliphatic heterocycles. The van der Waals surface area contributed by atoms with Gasteiger partial charge in [0.1, 0.15) is 24.4 Å². The van der Waals surface area contributed by atoms with Crippen LogP contribution in [0.4, 0.5) is 0 Å². The maximum absolute atomic E-state index is 11.9. The van der Waals surface area contributed by atoms with Crippen LogP contribution in [0.3, 0.4) is 0 Å². The smallest absolute Gasteiger partial charge is 0.306 e. The maximum Gasteiger partial charge on any atom is 0.306 e. The number of aliphatic hydroxyl groups is 4. The molecule has 2 saturated heterocycles. The maximum atomic E-state index is 11.9. The zero-order chi connectivity index (χ0) is 23.8. The number of hydrogen-bond donors (Lipinski definition) is 4. The first-order chi connectivity index (χ1) is 15.5. The van der Waals surface area contributed by atoms with Crippen molar-refractivity contribution in [2.45, 2.75) is 102 Å². The minimum absolute atomic E-state index is 0.0370. The summed E-state index contributed by atoms with van der Waals surface area (Å²) in [6.45, 7) is 6.77. The number of fused-ring (bicyclic) bond motifs is 5. The molecule has 0 radical (unpaired) electrons. The van der Waals surface area contributed by atoms with Crippen molar-refractivity contribution in [2.24, 2.45) is 34.5 Å². The van der Waals surface area contributed by atoms with E-state index in [4.69, 9.17) is 14.2 Å². The van der Waals surface area contributed by atoms with Gasteiger partial charge in [-0.3, -0.25) is 4.79 Å². The monoisotopic (exact) mass is 468 g/mol. The van der Waals surface area contributed by atoms with Crippen LogP contribution < -0.4 is 0 Å². The van der Waals surface area contributed by atoms with Gasteiger partial charge >= 0.3 is 5.97 Å². The Hall–Kier alpha value is -0.770. The Bertz CT molecular complexity index is 774. The topological polar surface area (TPSA) is 126 Å². The van der Waals surface area contributed by atoms with Gasteiger partial charge in [-0.25, -0.2) is 0 Å². The highest BCUT2D eigenvalue weighted by Gasteiger charge is 2.65. The van der Waals surface area contributed by atoms with E-state index in [1.165, 1.54) is 0 Å². The zero-order valence-corrected chi connectivity index (χ0v) is 20.0. The summed E-state index contributed by atoms with van der Waals surface area (Å²) in [5.74, 6) is 1.88. The highest BCUT2D eigenvalue weighted by atomic mass is 16.7. The molecule has 0 aromatic carbocycles. The van der Waals surface area contributed by atoms with Crippen LogP contribution in [-0.4, -0.2) is 75.9 Å². The molecule has 5 rings (SSSR count). The van der Waals surface area contributed by atoms with Crippen molar-refractivity contribution in [3.63, 3.8) is 0 Å². The van der Waals surface area contributed by atoms with E-state index in [9.17, 15) is 25.2 Å². The quantitative estimate of drug-likeness (QED) is 0.458. The molecule has 33 heavy (non-hydrogen) atoms. The Morgan fingerprint density at radius 3 is 2.42 bits per heavy atom. The molecular weight excluding hydrogens is 428 g/mol. The third-order valence-corrected chi connectivity index (χ3v) is 10.8. The average molecular weight is 469 g/mol. The number of rotatable bonds is 3. The molecule has 188 valence electrons. The normalized spacial score (nSPS) is 56.5. The van der Waals surface area contributed by atoms with Gasteiger partial charge in [0.15, 0.2) is 6.29 Å². The molecular formula is C25H40O8. The predicted octanol–water partition coefficient (Wildman–Crippen LogP) is 1.37. The summed E-state index contributed by atoms with van der Waals surface area (Å²) in [5, 5.41) is 40.5. The van der Waals surface area contributed by atoms with Crippen LogP contribution in [-0.2, 0) is 19.0 Å². The summed E-state index contributed by atoms with van der Waals surface area (Å²) < 4.78 is 17.7. The number of hydrogen-bond acceptors (Lipinski definition) is 8. The van der Waals surface area contributed by atoms with Crippen LogP contribution in [0, 0.1) is 34.5 Å². The molecule has 0 unspecified atom stereocenters. The van der Waals surface area contributed by atoms with Gasteiger partial charge in [-0.15, -0.1) is 0 Å². The van der Waals surface area contributed by atoms with E-state index in [1.807, 2.05) is 0 Å². The Kier molecular flexibility index (Phi) is 5.90. The van der Waals surface area contributed by atoms with Gasteiger partial charge in [0.05, 0.1) is 18.8 Å². The standard InChI is InChI=1S/C25H40O8/c1-23-12-31-18(27)10-13(23)4-5-14-15(23)6-8-24(2)16(14)7-9-25(24,3)33-22-21(30)20(29)19(28)17(11-26)32-22/h13-17,19-22,26,28-30H,4-12H2,1-3H3/t13-,14+,15-,16-,17-,19-,20+,21-,22+,23-,24-,25-/m0/s1. The Morgan fingerprint density at radius 2 is 1.70 bits per heavy atom. The number of ether oxygens (including phenoxy) is 3. The minimum atomic E-state index is -1.44. The lowest BCUT2D eigenvalue weighted by Gasteiger charge is -2.61. The molecule has 0 bridgehead atoms. The average Bonchev–Trinajstić information content (AvgIpc) is 3.05. The summed E-state index contributed by atoms with van der Waals surface area (Å²) >= 11 is 0. The first-order valence-corrected chi connectivity index (χ1v) is 12.7. The Morgan fingerprint density at radius 1 is 0.970 bits per heavy atom. The lowest BCUT2D eigenvalue weighted by Crippen LogP contribution is -2.62. The van der Waals surface area contributed by atoms with Crippen molar-refractivity contribution in [2.75, 3.05) is 13.2 Å². The second kappa shape index (κ2) is 8.14. The molecule has 5 aliphatic rings. The highest BCUT2D eigenvalue weighted by Crippen LogP contribution is 2.68. The Labute approximate surface area is 195 Å². The molecule has 2 heterocycles. The molecule has 0 amide bonds. The SMILES string of the molecule is C[C@]12COC(=O)C[C@@H]1CC[C@@H]1[C@@H]2CC[C@@]2(C)[C@H]1CC[C@]2(C)O[C@H]1O[C@@H](CO)[C@H](O)[C@@H](O)[C@@H]1O. The van der Waals surface area contributed by atoms with E-state index in [-0.39, 0.29) is 16.8 Å². The van der Waals surface area contributed by atoms with Crippen LogP contribution in [0.25, 0.3) is 0 Å². The van der Waals surface area contributed by atoms with Crippen LogP contribution in [0.5, 0.6) is 0 Å². The van der Waals surface area contributed by atoms with Gasteiger partial charge in [-0.05, 0) is 74.5 Å². The summed E-state index contributed by atoms with van der Waals surface area (Å²) in [6.07, 6.45) is 0.302. The summed E-state index contributed by atoms with van der Waals surface area (Å²) in [7, 11) is 0. The van der Waals surface area contributed by atoms with E-state index >= 15 is 0 Å². The summed E-state index contributed by atoms with van der Waals surface area (Å²) in [5.41, 5.74) is -0.649. The fraction of sp³-hybridized carbons (Fsp3) is 0.960. The second-order valence-electron chi connectivity index (χ2n) is 12.1. The van der Waals surface area contributed by atoms with Crippen molar-refractivity contribution in [1.29, 1.82) is 0 Å². The molecule has 5 fully saturated rings. The summed E-state index contributed by atoms with van der Waals surface area (Å²) in [4.78, 5) is 11.9. The van der Waals surface area contributed by atoms with Crippen molar-refractivity contribution in [1.82, 2.24) is 0 Å². The van der Waals surface area contributed by atoms with Gasteiger partial charge in [0.2, 0.25) is 0 Å². The van der Waals surface area contributed by atoms with Gasteiger partial charge in [-0.2, -0.15) is 0 Å². The molecule has 0 spiro atoms. The molecule has 3 saturated carbocycles. The molecule has 3 aliphatic carbocycles. The first-order valence-electron chi connectivity index (χ1n) is 12.7. The molecule has 8 heteroatoms. The van der Waals surface area contributed by atoms with Gasteiger partial charge in [0, 0.05) is 11.8 Å². The van der Waals surface area contributed by atoms with Gasteiger partial charge in [-0.1, -0.05) is 13.8 Å². The third kappa shape index (κ3) is 3.43. The fourth-order valence-electron chi connectivity index (χ4n) is 8.43. The Balaban J connectivity index is 1.36. The third-order valence-electron chi connectivity index (χ3n) is 10.8. The molecule has 12 atom stereocenters. The van der Waals surface area contributed by atoms with Crippen LogP contribution in [0.2, 0.25) is 0 Å². The number of carbonyl (C=O) groups excluding carboxylic acids is 1. The van der Waals surface area contributed by atoms with E-state index in [0.29, 0.717) is 36.7 Å². The predicted molar refractivity (Wildman–Crippen MR) is 117 cm³/mol. The number of esters is 1. The van der Waals surface area contributed by atoms with Crippen LogP contribution in [0.15, 0.2) is 0 Å². The van der Waals surface area contributed by atoms with Crippen molar-refractivity contribution in [3.8, 4) is 0 Å². The van der Waals surface area contributed by atoms with E-state index in [2.05, 4.69) is 20.8 Å². The number of cyclic esters (lactones) is 1. The van der Waals surface area contributed by atoms with E-state index in [0.717, 1.165) is 38.5 Å². The van der Waals surface area contributed by atoms with E-state index < -0.39 is 42.9 Å². The number of aliphatic hydroxyl groups excluding tert-OH is 4. The van der Waals surface area contributed by atoms with Crippen LogP contribution in [0.1, 0.15) is 65.7 Å². The fourth-order valence-corrected chi connectivity index (χ4v) is 8.43. The lowest BCUT2D eigenvalue weighted by molar-refractivity contribution is -0.338. The van der Waals surface area contributed by atoms with Gasteiger partial charge in [0.25, 0.3) is 0 Å². The minimum Gasteiger partial charge on any atom is -0.465 e. The molecule has 8 nitrogen and oxygen atoms in total. The first kappa shape index (κ1) is 23.9. The summed E-state index contributed by atoms with van der Waals surface area (Å²) in [6, 6.07) is 0. The largest absolute Gasteiger partial charge is 0.465 e. The number of carbonyl (C=O) groups is 1. The van der Waals surface area contributed by atoms with E-state index in [1.54, 1.807) is 0 Å². The second-order valence-corrected chi connectivity index (χ2v) is 12.1. The highest BCUT2D eigenvalue weighted by molar-refractivity contribution is 5.70. The van der Waals surface area contributed by atoms with Crippen molar-refractivity contribution in [3.05, 3.63) is 0 Å². The lowest BCUT2D eigenvalue weighted by atomic mass is 9.46.